The van der Waals surface area contributed by atoms with Crippen LogP contribution >= 0.6 is 0 Å². The van der Waals surface area contributed by atoms with Crippen molar-refractivity contribution in [3.05, 3.63) is 23.8 Å². The highest BCUT2D eigenvalue weighted by Gasteiger charge is 2.37. The van der Waals surface area contributed by atoms with E-state index in [1.807, 2.05) is 12.1 Å². The summed E-state index contributed by atoms with van der Waals surface area (Å²) in [5.41, 5.74) is 2.16. The molecule has 1 saturated carbocycles. The second-order valence-corrected chi connectivity index (χ2v) is 7.86. The number of rotatable bonds is 5. The monoisotopic (exact) mass is 344 g/mol. The van der Waals surface area contributed by atoms with Crippen LogP contribution in [0.1, 0.15) is 51.0 Å². The molecule has 3 rings (SSSR count). The van der Waals surface area contributed by atoms with Crippen molar-refractivity contribution in [3.8, 4) is 5.75 Å². The molecule has 1 heterocycles. The summed E-state index contributed by atoms with van der Waals surface area (Å²) in [6, 6.07) is 6.57. The number of fused-ring (bicyclic) bond motifs is 1. The van der Waals surface area contributed by atoms with Crippen LogP contribution in [-0.2, 0) is 4.79 Å². The average Bonchev–Trinajstić information content (AvgIpc) is 2.61. The Morgan fingerprint density at radius 2 is 2.16 bits per heavy atom. The molecule has 2 aliphatic rings. The van der Waals surface area contributed by atoms with Gasteiger partial charge in [-0.3, -0.25) is 4.79 Å². The molecule has 1 saturated heterocycles. The normalized spacial score (nSPS) is 26.0. The molecule has 0 bridgehead atoms. The van der Waals surface area contributed by atoms with Crippen LogP contribution in [0, 0.1) is 18.8 Å². The first-order valence-electron chi connectivity index (χ1n) is 9.76. The molecule has 2 fully saturated rings. The molecule has 25 heavy (non-hydrogen) atoms. The third-order valence-corrected chi connectivity index (χ3v) is 5.91. The number of likely N-dealkylation sites (tertiary alicyclic amines) is 1. The number of amides is 1. The number of aryl methyl sites for hydroxylation is 1. The molecular weight excluding hydrogens is 312 g/mol. The molecule has 138 valence electrons. The van der Waals surface area contributed by atoms with Crippen molar-refractivity contribution in [2.24, 2.45) is 11.8 Å². The van der Waals surface area contributed by atoms with Gasteiger partial charge in [0.1, 0.15) is 5.75 Å². The fraction of sp³-hybridized carbons (Fsp3) is 0.667. The highest BCUT2D eigenvalue weighted by Crippen LogP contribution is 2.38. The van der Waals surface area contributed by atoms with Crippen molar-refractivity contribution in [1.82, 2.24) is 4.90 Å². The molecule has 1 aliphatic carbocycles. The largest absolute Gasteiger partial charge is 0.495 e. The average molecular weight is 344 g/mol. The van der Waals surface area contributed by atoms with Crippen LogP contribution in [0.15, 0.2) is 18.2 Å². The van der Waals surface area contributed by atoms with E-state index in [0.29, 0.717) is 24.9 Å². The topological polar surface area (TPSA) is 41.6 Å². The van der Waals surface area contributed by atoms with Crippen molar-refractivity contribution in [3.63, 3.8) is 0 Å². The number of hydrogen-bond acceptors (Lipinski definition) is 3. The number of carbonyl (C=O) groups excluding carboxylic acids is 1. The van der Waals surface area contributed by atoms with E-state index in [-0.39, 0.29) is 0 Å². The van der Waals surface area contributed by atoms with Gasteiger partial charge in [0.2, 0.25) is 5.91 Å². The molecule has 1 aliphatic heterocycles. The van der Waals surface area contributed by atoms with Crippen LogP contribution in [-0.4, -0.2) is 37.0 Å². The van der Waals surface area contributed by atoms with Gasteiger partial charge in [0.05, 0.1) is 12.8 Å². The lowest BCUT2D eigenvalue weighted by atomic mass is 9.74. The SMILES string of the molecule is COc1ccc(C)cc1NCCC(=O)N1CCC[C@@H]2C[C@H](C)CC[C@H]21. The van der Waals surface area contributed by atoms with Gasteiger partial charge in [-0.1, -0.05) is 13.0 Å². The number of hydrogen-bond donors (Lipinski definition) is 1. The van der Waals surface area contributed by atoms with Crippen LogP contribution < -0.4 is 10.1 Å². The van der Waals surface area contributed by atoms with Crippen molar-refractivity contribution in [2.75, 3.05) is 25.5 Å². The van der Waals surface area contributed by atoms with E-state index >= 15 is 0 Å². The molecule has 0 spiro atoms. The zero-order valence-corrected chi connectivity index (χ0v) is 15.9. The second-order valence-electron chi connectivity index (χ2n) is 7.86. The second kappa shape index (κ2) is 8.11. The number of nitrogens with one attached hydrogen (secondary N) is 1. The molecule has 1 N–H and O–H groups in total. The third kappa shape index (κ3) is 4.28. The van der Waals surface area contributed by atoms with Gasteiger partial charge in [0, 0.05) is 25.6 Å². The number of methoxy groups -OCH3 is 1. The molecule has 3 atom stereocenters. The van der Waals surface area contributed by atoms with E-state index in [1.165, 1.54) is 37.7 Å². The first kappa shape index (κ1) is 18.1. The van der Waals surface area contributed by atoms with E-state index in [2.05, 4.69) is 30.1 Å². The van der Waals surface area contributed by atoms with Crippen LogP contribution in [0.4, 0.5) is 5.69 Å². The van der Waals surface area contributed by atoms with Gasteiger partial charge in [-0.25, -0.2) is 0 Å². The summed E-state index contributed by atoms with van der Waals surface area (Å²) >= 11 is 0. The Labute approximate surface area is 151 Å². The molecule has 4 heteroatoms. The van der Waals surface area contributed by atoms with E-state index in [0.717, 1.165) is 29.8 Å². The van der Waals surface area contributed by atoms with Crippen molar-refractivity contribution in [2.45, 2.75) is 58.4 Å². The summed E-state index contributed by atoms with van der Waals surface area (Å²) < 4.78 is 5.40. The minimum absolute atomic E-state index is 0.309. The Hall–Kier alpha value is -1.71. The Morgan fingerprint density at radius 3 is 2.96 bits per heavy atom. The van der Waals surface area contributed by atoms with Gasteiger partial charge in [0.15, 0.2) is 0 Å². The number of benzene rings is 1. The van der Waals surface area contributed by atoms with E-state index in [1.54, 1.807) is 7.11 Å². The molecule has 1 amide bonds. The first-order valence-corrected chi connectivity index (χ1v) is 9.76. The van der Waals surface area contributed by atoms with Gasteiger partial charge in [-0.2, -0.15) is 0 Å². The Balaban J connectivity index is 1.55. The van der Waals surface area contributed by atoms with Gasteiger partial charge < -0.3 is 15.0 Å². The molecule has 0 aromatic heterocycles. The summed E-state index contributed by atoms with van der Waals surface area (Å²) in [6.45, 7) is 6.02. The fourth-order valence-electron chi connectivity index (χ4n) is 4.61. The lowest BCUT2D eigenvalue weighted by Gasteiger charge is -2.45. The third-order valence-electron chi connectivity index (χ3n) is 5.91. The molecule has 1 aromatic carbocycles. The molecular formula is C21H32N2O2. The Bertz CT molecular complexity index is 602. The molecule has 0 unspecified atom stereocenters. The van der Waals surface area contributed by atoms with E-state index in [9.17, 15) is 4.79 Å². The zero-order valence-electron chi connectivity index (χ0n) is 15.9. The minimum Gasteiger partial charge on any atom is -0.495 e. The molecule has 4 nitrogen and oxygen atoms in total. The summed E-state index contributed by atoms with van der Waals surface area (Å²) in [6.07, 6.45) is 6.78. The number of ether oxygens (including phenoxy) is 1. The van der Waals surface area contributed by atoms with Crippen molar-refractivity contribution >= 4 is 11.6 Å². The van der Waals surface area contributed by atoms with E-state index in [4.69, 9.17) is 4.74 Å². The number of carbonyl (C=O) groups is 1. The summed E-state index contributed by atoms with van der Waals surface area (Å²) in [5.74, 6) is 2.69. The van der Waals surface area contributed by atoms with Crippen LogP contribution in [0.5, 0.6) is 5.75 Å². The number of piperidine rings is 1. The van der Waals surface area contributed by atoms with Gasteiger partial charge in [-0.05, 0) is 68.6 Å². The molecule has 1 aromatic rings. The fourth-order valence-corrected chi connectivity index (χ4v) is 4.61. The minimum atomic E-state index is 0.309. The van der Waals surface area contributed by atoms with Crippen LogP contribution in [0.25, 0.3) is 0 Å². The lowest BCUT2D eigenvalue weighted by Crippen LogP contribution is -2.50. The smallest absolute Gasteiger partial charge is 0.224 e. The number of anilines is 1. The highest BCUT2D eigenvalue weighted by atomic mass is 16.5. The van der Waals surface area contributed by atoms with Gasteiger partial charge >= 0.3 is 0 Å². The predicted octanol–water partition coefficient (Wildman–Crippen LogP) is 4.23. The summed E-state index contributed by atoms with van der Waals surface area (Å²) in [5, 5.41) is 3.38. The summed E-state index contributed by atoms with van der Waals surface area (Å²) in [7, 11) is 1.68. The first-order chi connectivity index (χ1) is 12.1. The van der Waals surface area contributed by atoms with Gasteiger partial charge in [0.25, 0.3) is 0 Å². The zero-order chi connectivity index (χ0) is 17.8. The molecule has 0 radical (unpaired) electrons. The number of nitrogens with zero attached hydrogens (tertiary/aromatic N) is 1. The van der Waals surface area contributed by atoms with Crippen molar-refractivity contribution < 1.29 is 9.53 Å². The van der Waals surface area contributed by atoms with Crippen LogP contribution in [0.2, 0.25) is 0 Å². The maximum absolute atomic E-state index is 12.8. The van der Waals surface area contributed by atoms with Gasteiger partial charge in [-0.15, -0.1) is 0 Å². The van der Waals surface area contributed by atoms with Crippen LogP contribution in [0.3, 0.4) is 0 Å². The predicted molar refractivity (Wildman–Crippen MR) is 102 cm³/mol. The lowest BCUT2D eigenvalue weighted by molar-refractivity contribution is -0.137. The standard InChI is InChI=1S/C21H32N2O2/c1-15-6-8-19-17(13-15)5-4-12-23(19)21(24)10-11-22-18-14-16(2)7-9-20(18)25-3/h7,9,14-15,17,19,22H,4-6,8,10-13H2,1-3H3/t15-,17-,19-/m1/s1. The maximum atomic E-state index is 12.8. The quantitative estimate of drug-likeness (QED) is 0.869. The van der Waals surface area contributed by atoms with E-state index < -0.39 is 0 Å². The summed E-state index contributed by atoms with van der Waals surface area (Å²) in [4.78, 5) is 15.0. The Morgan fingerprint density at radius 1 is 1.32 bits per heavy atom. The van der Waals surface area contributed by atoms with Crippen molar-refractivity contribution in [1.29, 1.82) is 0 Å². The Kier molecular flexibility index (Phi) is 5.87. The maximum Gasteiger partial charge on any atom is 0.224 e. The highest BCUT2D eigenvalue weighted by molar-refractivity contribution is 5.77.